The van der Waals surface area contributed by atoms with Crippen molar-refractivity contribution in [2.45, 2.75) is 31.8 Å². The van der Waals surface area contributed by atoms with Gasteiger partial charge in [-0.05, 0) is 48.2 Å². The Morgan fingerprint density at radius 3 is 2.67 bits per heavy atom. The fourth-order valence-corrected chi connectivity index (χ4v) is 3.83. The van der Waals surface area contributed by atoms with E-state index in [1.807, 2.05) is 18.2 Å². The number of nitrogens with one attached hydrogen (secondary N) is 2. The van der Waals surface area contributed by atoms with E-state index in [9.17, 15) is 8.78 Å². The number of halogens is 2. The third kappa shape index (κ3) is 4.35. The van der Waals surface area contributed by atoms with E-state index in [0.29, 0.717) is 17.6 Å². The molecule has 1 aliphatic rings. The monoisotopic (exact) mass is 348 g/mol. The molecule has 24 heavy (non-hydrogen) atoms. The molecule has 2 unspecified atom stereocenters. The fourth-order valence-electron chi connectivity index (χ4n) is 3.17. The van der Waals surface area contributed by atoms with Crippen LogP contribution in [-0.2, 0) is 6.42 Å². The van der Waals surface area contributed by atoms with Gasteiger partial charge < -0.3 is 5.32 Å². The SMILES string of the molecule is CCSNC1CCNC1Cc1cccc(-c2cc(F)cc(F)c2)c1. The lowest BCUT2D eigenvalue weighted by Crippen LogP contribution is -2.39. The molecule has 0 saturated carbocycles. The van der Waals surface area contributed by atoms with Crippen LogP contribution < -0.4 is 10.0 Å². The minimum Gasteiger partial charge on any atom is -0.312 e. The highest BCUT2D eigenvalue weighted by atomic mass is 32.2. The molecular formula is C19H22F2N2S. The Morgan fingerprint density at radius 2 is 1.92 bits per heavy atom. The van der Waals surface area contributed by atoms with E-state index in [-0.39, 0.29) is 0 Å². The molecule has 2 aromatic rings. The highest BCUT2D eigenvalue weighted by Crippen LogP contribution is 2.24. The summed E-state index contributed by atoms with van der Waals surface area (Å²) in [5, 5.41) is 3.55. The maximum absolute atomic E-state index is 13.5. The molecule has 0 radical (unpaired) electrons. The third-order valence-corrected chi connectivity index (χ3v) is 5.06. The Labute approximate surface area is 146 Å². The van der Waals surface area contributed by atoms with Crippen molar-refractivity contribution in [3.05, 3.63) is 59.7 Å². The molecule has 3 rings (SSSR count). The molecule has 0 aromatic heterocycles. The molecule has 0 spiro atoms. The first-order valence-corrected chi connectivity index (χ1v) is 9.30. The molecule has 1 aliphatic heterocycles. The Bertz CT molecular complexity index is 673. The van der Waals surface area contributed by atoms with Crippen molar-refractivity contribution in [1.82, 2.24) is 10.0 Å². The lowest BCUT2D eigenvalue weighted by atomic mass is 9.97. The van der Waals surface area contributed by atoms with Crippen LogP contribution in [0.2, 0.25) is 0 Å². The largest absolute Gasteiger partial charge is 0.312 e. The zero-order valence-electron chi connectivity index (χ0n) is 13.7. The Kier molecular flexibility index (Phi) is 5.87. The highest BCUT2D eigenvalue weighted by molar-refractivity contribution is 7.97. The predicted octanol–water partition coefficient (Wildman–Crippen LogP) is 4.16. The van der Waals surface area contributed by atoms with Crippen LogP contribution in [0, 0.1) is 11.6 Å². The maximum Gasteiger partial charge on any atom is 0.126 e. The lowest BCUT2D eigenvalue weighted by Gasteiger charge is -2.20. The molecule has 2 aromatic carbocycles. The van der Waals surface area contributed by atoms with Crippen molar-refractivity contribution in [3.8, 4) is 11.1 Å². The molecule has 5 heteroatoms. The first kappa shape index (κ1) is 17.4. The maximum atomic E-state index is 13.5. The first-order valence-electron chi connectivity index (χ1n) is 8.32. The molecule has 1 saturated heterocycles. The van der Waals surface area contributed by atoms with Gasteiger partial charge in [0, 0.05) is 23.9 Å². The Balaban J connectivity index is 1.75. The molecule has 1 fully saturated rings. The van der Waals surface area contributed by atoms with Crippen molar-refractivity contribution in [2.24, 2.45) is 0 Å². The van der Waals surface area contributed by atoms with Gasteiger partial charge in [-0.2, -0.15) is 0 Å². The summed E-state index contributed by atoms with van der Waals surface area (Å²) in [5.74, 6) is -0.0495. The second-order valence-electron chi connectivity index (χ2n) is 6.07. The van der Waals surface area contributed by atoms with E-state index in [0.717, 1.165) is 36.8 Å². The van der Waals surface area contributed by atoms with Crippen molar-refractivity contribution < 1.29 is 8.78 Å². The zero-order valence-corrected chi connectivity index (χ0v) is 14.5. The van der Waals surface area contributed by atoms with E-state index in [1.165, 1.54) is 17.7 Å². The topological polar surface area (TPSA) is 24.1 Å². The molecule has 0 amide bonds. The van der Waals surface area contributed by atoms with Crippen molar-refractivity contribution in [3.63, 3.8) is 0 Å². The summed E-state index contributed by atoms with van der Waals surface area (Å²) in [5.41, 5.74) is 2.59. The van der Waals surface area contributed by atoms with Crippen molar-refractivity contribution in [2.75, 3.05) is 12.3 Å². The summed E-state index contributed by atoms with van der Waals surface area (Å²) in [6.07, 6.45) is 2.01. The van der Waals surface area contributed by atoms with Gasteiger partial charge in [-0.3, -0.25) is 4.72 Å². The molecule has 2 N–H and O–H groups in total. The number of hydrogen-bond acceptors (Lipinski definition) is 3. The van der Waals surface area contributed by atoms with Crippen LogP contribution in [-0.4, -0.2) is 24.4 Å². The van der Waals surface area contributed by atoms with Gasteiger partial charge in [0.2, 0.25) is 0 Å². The van der Waals surface area contributed by atoms with Crippen LogP contribution in [0.3, 0.4) is 0 Å². The Morgan fingerprint density at radius 1 is 1.12 bits per heavy atom. The van der Waals surface area contributed by atoms with Crippen molar-refractivity contribution in [1.29, 1.82) is 0 Å². The van der Waals surface area contributed by atoms with Crippen LogP contribution in [0.5, 0.6) is 0 Å². The van der Waals surface area contributed by atoms with Gasteiger partial charge in [0.15, 0.2) is 0 Å². The second kappa shape index (κ2) is 8.10. The normalized spacial score (nSPS) is 20.5. The van der Waals surface area contributed by atoms with Gasteiger partial charge in [-0.25, -0.2) is 8.78 Å². The number of hydrogen-bond donors (Lipinski definition) is 2. The third-order valence-electron chi connectivity index (χ3n) is 4.31. The average molecular weight is 348 g/mol. The predicted molar refractivity (Wildman–Crippen MR) is 97.0 cm³/mol. The van der Waals surface area contributed by atoms with E-state index in [1.54, 1.807) is 11.9 Å². The Hall–Kier alpha value is -1.43. The molecule has 128 valence electrons. The average Bonchev–Trinajstić information content (AvgIpc) is 2.99. The van der Waals surface area contributed by atoms with Gasteiger partial charge in [0.05, 0.1) is 0 Å². The zero-order chi connectivity index (χ0) is 16.9. The standard InChI is InChI=1S/C19H22F2N2S/c1-2-24-23-18-6-7-22-19(18)9-13-4-3-5-14(8-13)15-10-16(20)12-17(21)11-15/h3-5,8,10-12,18-19,22-23H,2,6-7,9H2,1H3. The van der Waals surface area contributed by atoms with Gasteiger partial charge in [-0.1, -0.05) is 43.1 Å². The van der Waals surface area contributed by atoms with E-state index >= 15 is 0 Å². The van der Waals surface area contributed by atoms with E-state index < -0.39 is 11.6 Å². The van der Waals surface area contributed by atoms with Gasteiger partial charge in [-0.15, -0.1) is 0 Å². The quantitative estimate of drug-likeness (QED) is 0.767. The van der Waals surface area contributed by atoms with E-state index in [4.69, 9.17) is 0 Å². The van der Waals surface area contributed by atoms with Gasteiger partial charge in [0.25, 0.3) is 0 Å². The smallest absolute Gasteiger partial charge is 0.126 e. The molecular weight excluding hydrogens is 326 g/mol. The molecule has 2 atom stereocenters. The summed E-state index contributed by atoms with van der Waals surface area (Å²) >= 11 is 1.75. The minimum atomic E-state index is -0.547. The second-order valence-corrected chi connectivity index (χ2v) is 7.17. The molecule has 2 nitrogen and oxygen atoms in total. The number of rotatable bonds is 6. The van der Waals surface area contributed by atoms with E-state index in [2.05, 4.69) is 23.0 Å². The summed E-state index contributed by atoms with van der Waals surface area (Å²) in [6, 6.07) is 12.4. The summed E-state index contributed by atoms with van der Waals surface area (Å²) < 4.78 is 30.4. The number of benzene rings is 2. The van der Waals surface area contributed by atoms with Crippen LogP contribution in [0.25, 0.3) is 11.1 Å². The van der Waals surface area contributed by atoms with Gasteiger partial charge >= 0.3 is 0 Å². The van der Waals surface area contributed by atoms with Crippen LogP contribution in [0.1, 0.15) is 18.9 Å². The summed E-state index contributed by atoms with van der Waals surface area (Å²) in [6.45, 7) is 3.15. The fraction of sp³-hybridized carbons (Fsp3) is 0.368. The molecule has 0 aliphatic carbocycles. The van der Waals surface area contributed by atoms with Gasteiger partial charge in [0.1, 0.15) is 11.6 Å². The molecule has 0 bridgehead atoms. The summed E-state index contributed by atoms with van der Waals surface area (Å²) in [4.78, 5) is 0. The highest BCUT2D eigenvalue weighted by Gasteiger charge is 2.26. The van der Waals surface area contributed by atoms with Crippen LogP contribution >= 0.6 is 11.9 Å². The lowest BCUT2D eigenvalue weighted by molar-refractivity contribution is 0.517. The van der Waals surface area contributed by atoms with Crippen molar-refractivity contribution >= 4 is 11.9 Å². The first-order chi connectivity index (χ1) is 11.7. The van der Waals surface area contributed by atoms with Crippen LogP contribution in [0.15, 0.2) is 42.5 Å². The molecule has 1 heterocycles. The van der Waals surface area contributed by atoms with Crippen LogP contribution in [0.4, 0.5) is 8.78 Å². The minimum absolute atomic E-state index is 0.378. The summed E-state index contributed by atoms with van der Waals surface area (Å²) in [7, 11) is 0.